The van der Waals surface area contributed by atoms with E-state index in [4.69, 9.17) is 4.74 Å². The first-order valence-electron chi connectivity index (χ1n) is 10.7. The van der Waals surface area contributed by atoms with Crippen LogP contribution in [-0.4, -0.2) is 47.4 Å². The lowest BCUT2D eigenvalue weighted by Crippen LogP contribution is -2.65. The van der Waals surface area contributed by atoms with Crippen molar-refractivity contribution in [1.29, 1.82) is 0 Å². The molecule has 1 N–H and O–H groups in total. The van der Waals surface area contributed by atoms with E-state index in [1.54, 1.807) is 6.92 Å². The monoisotopic (exact) mass is 400 g/mol. The molecular formula is C23H32N2O4. The van der Waals surface area contributed by atoms with Gasteiger partial charge in [-0.15, -0.1) is 0 Å². The molecule has 1 aliphatic heterocycles. The summed E-state index contributed by atoms with van der Waals surface area (Å²) in [4.78, 5) is 41.0. The van der Waals surface area contributed by atoms with Gasteiger partial charge < -0.3 is 15.0 Å². The third kappa shape index (κ3) is 3.65. The minimum absolute atomic E-state index is 0.0157. The quantitative estimate of drug-likeness (QED) is 0.769. The van der Waals surface area contributed by atoms with E-state index >= 15 is 0 Å². The van der Waals surface area contributed by atoms with Crippen molar-refractivity contribution in [3.05, 3.63) is 35.4 Å². The normalized spacial score (nSPS) is 22.6. The van der Waals surface area contributed by atoms with E-state index in [2.05, 4.69) is 19.2 Å². The molecule has 29 heavy (non-hydrogen) atoms. The SMILES string of the molecule is CC[C@H](C)N1C(=O)c2ccccc2[C@H](C(=O)N[C@H](C)C(=O)OC)C12CCCCC2. The standard InChI is InChI=1S/C23H32N2O4/c1-5-15(2)25-21(27)18-12-8-7-11-17(18)19(23(25)13-9-6-10-14-23)20(26)24-16(3)22(28)29-4/h7-8,11-12,15-16,19H,5-6,9-10,13-14H2,1-4H3,(H,24,26)/t15-,16+,19+/m0/s1. The van der Waals surface area contributed by atoms with Crippen LogP contribution < -0.4 is 5.32 Å². The Bertz CT molecular complexity index is 785. The molecule has 1 aromatic carbocycles. The molecule has 6 nitrogen and oxygen atoms in total. The molecule has 6 heteroatoms. The fraction of sp³-hybridized carbons (Fsp3) is 0.609. The highest BCUT2D eigenvalue weighted by Crippen LogP contribution is 2.50. The number of nitrogens with zero attached hydrogens (tertiary/aromatic N) is 1. The zero-order valence-corrected chi connectivity index (χ0v) is 17.9. The molecule has 1 aromatic rings. The number of ether oxygens (including phenoxy) is 1. The molecule has 1 saturated carbocycles. The van der Waals surface area contributed by atoms with E-state index in [-0.39, 0.29) is 17.9 Å². The predicted molar refractivity (Wildman–Crippen MR) is 111 cm³/mol. The maximum absolute atomic E-state index is 13.6. The molecule has 0 aromatic heterocycles. The van der Waals surface area contributed by atoms with Crippen molar-refractivity contribution >= 4 is 17.8 Å². The van der Waals surface area contributed by atoms with E-state index in [9.17, 15) is 14.4 Å². The van der Waals surface area contributed by atoms with E-state index in [0.29, 0.717) is 5.56 Å². The van der Waals surface area contributed by atoms with Crippen molar-refractivity contribution in [2.24, 2.45) is 0 Å². The van der Waals surface area contributed by atoms with Crippen molar-refractivity contribution in [2.75, 3.05) is 7.11 Å². The summed E-state index contributed by atoms with van der Waals surface area (Å²) in [5.74, 6) is -1.17. The second-order valence-corrected chi connectivity index (χ2v) is 8.37. The minimum atomic E-state index is -0.741. The summed E-state index contributed by atoms with van der Waals surface area (Å²) in [5, 5.41) is 2.85. The highest BCUT2D eigenvalue weighted by molar-refractivity contribution is 6.02. The van der Waals surface area contributed by atoms with Gasteiger partial charge in [0.15, 0.2) is 0 Å². The number of methoxy groups -OCH3 is 1. The highest BCUT2D eigenvalue weighted by Gasteiger charge is 2.55. The molecule has 1 aliphatic carbocycles. The zero-order chi connectivity index (χ0) is 21.2. The minimum Gasteiger partial charge on any atom is -0.467 e. The van der Waals surface area contributed by atoms with Gasteiger partial charge in [0, 0.05) is 11.6 Å². The number of benzene rings is 1. The Morgan fingerprint density at radius 1 is 1.21 bits per heavy atom. The number of hydrogen-bond donors (Lipinski definition) is 1. The predicted octanol–water partition coefficient (Wildman–Crippen LogP) is 3.41. The summed E-state index contributed by atoms with van der Waals surface area (Å²) < 4.78 is 4.78. The summed E-state index contributed by atoms with van der Waals surface area (Å²) in [7, 11) is 1.31. The Morgan fingerprint density at radius 2 is 1.86 bits per heavy atom. The molecule has 3 rings (SSSR count). The summed E-state index contributed by atoms with van der Waals surface area (Å²) >= 11 is 0. The highest BCUT2D eigenvalue weighted by atomic mass is 16.5. The molecule has 2 amide bonds. The summed E-state index contributed by atoms with van der Waals surface area (Å²) in [6.45, 7) is 5.77. The van der Waals surface area contributed by atoms with Gasteiger partial charge in [-0.1, -0.05) is 44.4 Å². The van der Waals surface area contributed by atoms with Gasteiger partial charge in [-0.3, -0.25) is 9.59 Å². The van der Waals surface area contributed by atoms with E-state index in [1.165, 1.54) is 7.11 Å². The number of nitrogens with one attached hydrogen (secondary N) is 1. The van der Waals surface area contributed by atoms with Gasteiger partial charge >= 0.3 is 5.97 Å². The lowest BCUT2D eigenvalue weighted by Gasteiger charge is -2.55. The molecule has 2 aliphatic rings. The van der Waals surface area contributed by atoms with Gasteiger partial charge in [-0.25, -0.2) is 4.79 Å². The molecule has 158 valence electrons. The Hall–Kier alpha value is -2.37. The van der Waals surface area contributed by atoms with Crippen LogP contribution in [0.5, 0.6) is 0 Å². The van der Waals surface area contributed by atoms with E-state index < -0.39 is 23.5 Å². The first kappa shape index (κ1) is 21.3. The van der Waals surface area contributed by atoms with Gasteiger partial charge in [0.2, 0.25) is 5.91 Å². The Labute approximate surface area is 173 Å². The summed E-state index contributed by atoms with van der Waals surface area (Å²) in [5.41, 5.74) is 0.808. The lowest BCUT2D eigenvalue weighted by molar-refractivity contribution is -0.145. The summed E-state index contributed by atoms with van der Waals surface area (Å²) in [6, 6.07) is 6.72. The van der Waals surface area contributed by atoms with Crippen molar-refractivity contribution in [1.82, 2.24) is 10.2 Å². The van der Waals surface area contributed by atoms with Crippen LogP contribution in [0.4, 0.5) is 0 Å². The van der Waals surface area contributed by atoms with Crippen molar-refractivity contribution in [3.8, 4) is 0 Å². The van der Waals surface area contributed by atoms with Crippen LogP contribution in [0.25, 0.3) is 0 Å². The van der Waals surface area contributed by atoms with E-state index in [0.717, 1.165) is 44.1 Å². The number of hydrogen-bond acceptors (Lipinski definition) is 4. The Morgan fingerprint density at radius 3 is 2.48 bits per heavy atom. The van der Waals surface area contributed by atoms with Crippen LogP contribution in [0, 0.1) is 0 Å². The van der Waals surface area contributed by atoms with Crippen LogP contribution in [0.15, 0.2) is 24.3 Å². The lowest BCUT2D eigenvalue weighted by atomic mass is 9.64. The van der Waals surface area contributed by atoms with Gasteiger partial charge in [0.25, 0.3) is 5.91 Å². The molecule has 0 radical (unpaired) electrons. The molecule has 0 bridgehead atoms. The second-order valence-electron chi connectivity index (χ2n) is 8.37. The van der Waals surface area contributed by atoms with Crippen molar-refractivity contribution in [3.63, 3.8) is 0 Å². The topological polar surface area (TPSA) is 75.7 Å². The van der Waals surface area contributed by atoms with Crippen LogP contribution in [0.3, 0.4) is 0 Å². The number of carbonyl (C=O) groups is 3. The smallest absolute Gasteiger partial charge is 0.328 e. The molecule has 1 heterocycles. The van der Waals surface area contributed by atoms with Crippen molar-refractivity contribution in [2.45, 2.75) is 82.8 Å². The number of carbonyl (C=O) groups excluding carboxylic acids is 3. The van der Waals surface area contributed by atoms with Crippen LogP contribution in [0.1, 0.15) is 81.1 Å². The first-order valence-corrected chi connectivity index (χ1v) is 10.7. The largest absolute Gasteiger partial charge is 0.467 e. The first-order chi connectivity index (χ1) is 13.9. The fourth-order valence-corrected chi connectivity index (χ4v) is 5.14. The number of esters is 1. The van der Waals surface area contributed by atoms with Crippen LogP contribution in [-0.2, 0) is 14.3 Å². The van der Waals surface area contributed by atoms with Crippen molar-refractivity contribution < 1.29 is 19.1 Å². The van der Waals surface area contributed by atoms with Gasteiger partial charge in [0.1, 0.15) is 6.04 Å². The van der Waals surface area contributed by atoms with E-state index in [1.807, 2.05) is 29.2 Å². The second kappa shape index (κ2) is 8.56. The Kier molecular flexibility index (Phi) is 6.30. The molecular weight excluding hydrogens is 368 g/mol. The maximum Gasteiger partial charge on any atom is 0.328 e. The molecule has 1 spiro atoms. The third-order valence-electron chi connectivity index (χ3n) is 6.66. The Balaban J connectivity index is 2.13. The number of amides is 2. The summed E-state index contributed by atoms with van der Waals surface area (Å²) in [6.07, 6.45) is 5.49. The molecule has 0 saturated heterocycles. The average Bonchev–Trinajstić information content (AvgIpc) is 2.73. The third-order valence-corrected chi connectivity index (χ3v) is 6.66. The van der Waals surface area contributed by atoms with Crippen LogP contribution >= 0.6 is 0 Å². The van der Waals surface area contributed by atoms with Crippen LogP contribution in [0.2, 0.25) is 0 Å². The number of rotatable bonds is 5. The van der Waals surface area contributed by atoms with Gasteiger partial charge in [-0.05, 0) is 44.7 Å². The maximum atomic E-state index is 13.6. The van der Waals surface area contributed by atoms with Gasteiger partial charge in [0.05, 0.1) is 18.6 Å². The fourth-order valence-electron chi connectivity index (χ4n) is 5.14. The molecule has 0 unspecified atom stereocenters. The number of fused-ring (bicyclic) bond motifs is 1. The molecule has 3 atom stereocenters. The molecule has 1 fully saturated rings. The zero-order valence-electron chi connectivity index (χ0n) is 17.9. The van der Waals surface area contributed by atoms with Gasteiger partial charge in [-0.2, -0.15) is 0 Å². The average molecular weight is 401 g/mol.